The van der Waals surface area contributed by atoms with Crippen molar-refractivity contribution in [2.45, 2.75) is 0 Å². The van der Waals surface area contributed by atoms with Gasteiger partial charge in [0, 0.05) is 30.7 Å². The lowest BCUT2D eigenvalue weighted by Gasteiger charge is -2.04. The van der Waals surface area contributed by atoms with E-state index in [1.807, 2.05) is 31.5 Å². The van der Waals surface area contributed by atoms with Crippen molar-refractivity contribution in [2.24, 2.45) is 0 Å². The molecule has 0 aliphatic carbocycles. The van der Waals surface area contributed by atoms with Crippen LogP contribution in [-0.4, -0.2) is 12.0 Å². The van der Waals surface area contributed by atoms with Crippen molar-refractivity contribution in [3.8, 4) is 0 Å². The summed E-state index contributed by atoms with van der Waals surface area (Å²) in [6.07, 6.45) is 7.23. The first-order valence-corrected chi connectivity index (χ1v) is 3.79. The fourth-order valence-corrected chi connectivity index (χ4v) is 0.964. The van der Waals surface area contributed by atoms with Gasteiger partial charge in [-0.25, -0.2) is 0 Å². The molecule has 0 spiro atoms. The van der Waals surface area contributed by atoms with E-state index in [1.165, 1.54) is 0 Å². The van der Waals surface area contributed by atoms with Gasteiger partial charge in [0.05, 0.1) is 0 Å². The van der Waals surface area contributed by atoms with E-state index in [4.69, 9.17) is 0 Å². The molecule has 0 aliphatic rings. The summed E-state index contributed by atoms with van der Waals surface area (Å²) in [6, 6.07) is 3.91. The SMILES string of the molecule is C=C/C=C(\NC)c1cccnc1. The monoisotopic (exact) mass is 160 g/mol. The summed E-state index contributed by atoms with van der Waals surface area (Å²) in [5.74, 6) is 0. The van der Waals surface area contributed by atoms with Crippen molar-refractivity contribution >= 4 is 5.70 Å². The fourth-order valence-electron chi connectivity index (χ4n) is 0.964. The van der Waals surface area contributed by atoms with Gasteiger partial charge in [-0.05, 0) is 18.2 Å². The molecule has 0 amide bonds. The highest BCUT2D eigenvalue weighted by Crippen LogP contribution is 2.07. The molecule has 2 heteroatoms. The number of pyridine rings is 1. The van der Waals surface area contributed by atoms with Gasteiger partial charge in [0.15, 0.2) is 0 Å². The Bertz CT molecular complexity index is 275. The first kappa shape index (κ1) is 8.53. The van der Waals surface area contributed by atoms with Gasteiger partial charge < -0.3 is 5.32 Å². The molecule has 0 aromatic carbocycles. The Morgan fingerprint density at radius 3 is 3.00 bits per heavy atom. The van der Waals surface area contributed by atoms with E-state index in [0.29, 0.717) is 0 Å². The fraction of sp³-hybridized carbons (Fsp3) is 0.100. The predicted octanol–water partition coefficient (Wildman–Crippen LogP) is 1.83. The van der Waals surface area contributed by atoms with Crippen molar-refractivity contribution in [3.63, 3.8) is 0 Å². The second-order valence-corrected chi connectivity index (χ2v) is 2.31. The van der Waals surface area contributed by atoms with Crippen molar-refractivity contribution < 1.29 is 0 Å². The molecule has 1 heterocycles. The number of nitrogens with one attached hydrogen (secondary N) is 1. The van der Waals surface area contributed by atoms with Crippen LogP contribution in [0.4, 0.5) is 0 Å². The van der Waals surface area contributed by atoms with Gasteiger partial charge in [-0.3, -0.25) is 4.98 Å². The highest BCUT2D eigenvalue weighted by molar-refractivity contribution is 5.64. The molecule has 0 aliphatic heterocycles. The maximum absolute atomic E-state index is 4.02. The lowest BCUT2D eigenvalue weighted by molar-refractivity contribution is 1.12. The van der Waals surface area contributed by atoms with Crippen LogP contribution in [0.2, 0.25) is 0 Å². The Kier molecular flexibility index (Phi) is 3.08. The second kappa shape index (κ2) is 4.34. The molecule has 0 saturated heterocycles. The van der Waals surface area contributed by atoms with E-state index in [0.717, 1.165) is 11.3 Å². The maximum atomic E-state index is 4.02. The summed E-state index contributed by atoms with van der Waals surface area (Å²) in [7, 11) is 1.88. The summed E-state index contributed by atoms with van der Waals surface area (Å²) in [6.45, 7) is 3.64. The summed E-state index contributed by atoms with van der Waals surface area (Å²) < 4.78 is 0. The molecule has 0 bridgehead atoms. The molecule has 1 aromatic rings. The quantitative estimate of drug-likeness (QED) is 0.682. The van der Waals surface area contributed by atoms with Crippen LogP contribution in [0, 0.1) is 0 Å². The lowest BCUT2D eigenvalue weighted by atomic mass is 10.2. The number of nitrogens with zero attached hydrogens (tertiary/aromatic N) is 1. The molecular weight excluding hydrogens is 148 g/mol. The number of aromatic nitrogens is 1. The Labute approximate surface area is 72.6 Å². The van der Waals surface area contributed by atoms with Gasteiger partial charge in [0.2, 0.25) is 0 Å². The summed E-state index contributed by atoms with van der Waals surface area (Å²) in [5.41, 5.74) is 2.10. The third-order valence-corrected chi connectivity index (χ3v) is 1.53. The molecule has 1 N–H and O–H groups in total. The standard InChI is InChI=1S/C10H12N2/c1-3-5-10(11-2)9-6-4-7-12-8-9/h3-8,11H,1H2,2H3/b10-5-. The van der Waals surface area contributed by atoms with Gasteiger partial charge >= 0.3 is 0 Å². The minimum absolute atomic E-state index is 1.03. The van der Waals surface area contributed by atoms with Crippen molar-refractivity contribution in [3.05, 3.63) is 48.8 Å². The smallest absolute Gasteiger partial charge is 0.0426 e. The molecule has 12 heavy (non-hydrogen) atoms. The number of rotatable bonds is 3. The van der Waals surface area contributed by atoms with Crippen LogP contribution < -0.4 is 5.32 Å². The average molecular weight is 160 g/mol. The first-order valence-electron chi connectivity index (χ1n) is 3.79. The Hall–Kier alpha value is -1.57. The molecule has 0 atom stereocenters. The zero-order valence-corrected chi connectivity index (χ0v) is 7.12. The van der Waals surface area contributed by atoms with Gasteiger partial charge in [-0.1, -0.05) is 12.7 Å². The van der Waals surface area contributed by atoms with Gasteiger partial charge in [-0.15, -0.1) is 0 Å². The van der Waals surface area contributed by atoms with Crippen LogP contribution in [-0.2, 0) is 0 Å². The Morgan fingerprint density at radius 1 is 1.67 bits per heavy atom. The molecule has 0 saturated carbocycles. The third kappa shape index (κ3) is 1.95. The molecule has 1 aromatic heterocycles. The third-order valence-electron chi connectivity index (χ3n) is 1.53. The largest absolute Gasteiger partial charge is 0.388 e. The lowest BCUT2D eigenvalue weighted by Crippen LogP contribution is -2.04. The van der Waals surface area contributed by atoms with Crippen LogP contribution in [0.25, 0.3) is 5.70 Å². The maximum Gasteiger partial charge on any atom is 0.0426 e. The predicted molar refractivity (Wildman–Crippen MR) is 51.5 cm³/mol. The van der Waals surface area contributed by atoms with E-state index in [2.05, 4.69) is 16.9 Å². The first-order chi connectivity index (χ1) is 5.88. The Morgan fingerprint density at radius 2 is 2.50 bits per heavy atom. The van der Waals surface area contributed by atoms with Crippen LogP contribution in [0.1, 0.15) is 5.56 Å². The molecular formula is C10H12N2. The molecule has 62 valence electrons. The zero-order chi connectivity index (χ0) is 8.81. The molecule has 0 fully saturated rings. The van der Waals surface area contributed by atoms with Gasteiger partial charge in [0.25, 0.3) is 0 Å². The minimum atomic E-state index is 1.03. The normalized spacial score (nSPS) is 10.9. The zero-order valence-electron chi connectivity index (χ0n) is 7.12. The van der Waals surface area contributed by atoms with E-state index in [-0.39, 0.29) is 0 Å². The topological polar surface area (TPSA) is 24.9 Å². The van der Waals surface area contributed by atoms with E-state index < -0.39 is 0 Å². The summed E-state index contributed by atoms with van der Waals surface area (Å²) >= 11 is 0. The van der Waals surface area contributed by atoms with E-state index in [9.17, 15) is 0 Å². The molecule has 0 radical (unpaired) electrons. The van der Waals surface area contributed by atoms with Crippen LogP contribution in [0.3, 0.4) is 0 Å². The number of allylic oxidation sites excluding steroid dienone is 2. The van der Waals surface area contributed by atoms with Crippen LogP contribution in [0.15, 0.2) is 43.3 Å². The molecule has 1 rings (SSSR count). The van der Waals surface area contributed by atoms with Crippen LogP contribution in [0.5, 0.6) is 0 Å². The van der Waals surface area contributed by atoms with Crippen molar-refractivity contribution in [1.82, 2.24) is 10.3 Å². The van der Waals surface area contributed by atoms with E-state index in [1.54, 1.807) is 12.3 Å². The summed E-state index contributed by atoms with van der Waals surface area (Å²) in [5, 5.41) is 3.07. The number of hydrogen-bond donors (Lipinski definition) is 1. The van der Waals surface area contributed by atoms with Gasteiger partial charge in [0.1, 0.15) is 0 Å². The highest BCUT2D eigenvalue weighted by Gasteiger charge is 1.94. The summed E-state index contributed by atoms with van der Waals surface area (Å²) in [4.78, 5) is 4.02. The molecule has 2 nitrogen and oxygen atoms in total. The minimum Gasteiger partial charge on any atom is -0.388 e. The van der Waals surface area contributed by atoms with Crippen molar-refractivity contribution in [2.75, 3.05) is 7.05 Å². The van der Waals surface area contributed by atoms with Crippen LogP contribution >= 0.6 is 0 Å². The van der Waals surface area contributed by atoms with E-state index >= 15 is 0 Å². The second-order valence-electron chi connectivity index (χ2n) is 2.31. The van der Waals surface area contributed by atoms with Crippen molar-refractivity contribution in [1.29, 1.82) is 0 Å². The van der Waals surface area contributed by atoms with Gasteiger partial charge in [-0.2, -0.15) is 0 Å². The Balaban J connectivity index is 2.95. The molecule has 0 unspecified atom stereocenters. The average Bonchev–Trinajstić information content (AvgIpc) is 2.15. The number of hydrogen-bond acceptors (Lipinski definition) is 2. The highest BCUT2D eigenvalue weighted by atomic mass is 14.8.